The van der Waals surface area contributed by atoms with Gasteiger partial charge in [-0.1, -0.05) is 18.9 Å². The molecule has 142 valence electrons. The highest BCUT2D eigenvalue weighted by molar-refractivity contribution is 5.97. The van der Waals surface area contributed by atoms with E-state index in [1.807, 2.05) is 0 Å². The molecular weight excluding hydrogens is 356 g/mol. The van der Waals surface area contributed by atoms with Crippen molar-refractivity contribution in [1.82, 2.24) is 5.32 Å². The van der Waals surface area contributed by atoms with Gasteiger partial charge in [0.1, 0.15) is 23.4 Å². The zero-order valence-corrected chi connectivity index (χ0v) is 14.7. The highest BCUT2D eigenvalue weighted by atomic mass is 19.1. The van der Waals surface area contributed by atoms with Gasteiger partial charge in [0.05, 0.1) is 12.7 Å². The second-order valence-corrected chi connectivity index (χ2v) is 6.58. The summed E-state index contributed by atoms with van der Waals surface area (Å²) in [5, 5.41) is 11.6. The van der Waals surface area contributed by atoms with Crippen LogP contribution in [0.4, 0.5) is 8.78 Å². The molecule has 1 unspecified atom stereocenters. The molecule has 3 rings (SSSR count). The minimum absolute atomic E-state index is 0.166. The van der Waals surface area contributed by atoms with E-state index in [1.165, 1.54) is 31.4 Å². The standard InChI is InChI=1S/C20H19F2NO4/c1-27-13-5-7-14(17(22)10-13)12-4-6-15(16(21)9-12)19(24)23-18(20(25)26)8-11-2-3-11/h4-7,9-11,18H,2-3,8H2,1H3,(H,23,24)(H,25,26). The van der Waals surface area contributed by atoms with Gasteiger partial charge in [0.15, 0.2) is 0 Å². The van der Waals surface area contributed by atoms with Gasteiger partial charge in [-0.15, -0.1) is 0 Å². The van der Waals surface area contributed by atoms with Crippen molar-refractivity contribution in [3.05, 3.63) is 53.6 Å². The lowest BCUT2D eigenvalue weighted by molar-refractivity contribution is -0.139. The Morgan fingerprint density at radius 3 is 2.48 bits per heavy atom. The third-order valence-corrected chi connectivity index (χ3v) is 4.57. The minimum atomic E-state index is -1.15. The van der Waals surface area contributed by atoms with E-state index in [4.69, 9.17) is 4.74 Å². The number of nitrogens with one attached hydrogen (secondary N) is 1. The van der Waals surface area contributed by atoms with Crippen LogP contribution in [0.15, 0.2) is 36.4 Å². The van der Waals surface area contributed by atoms with E-state index in [1.54, 1.807) is 6.07 Å². The topological polar surface area (TPSA) is 75.6 Å². The number of halogens is 2. The van der Waals surface area contributed by atoms with Crippen molar-refractivity contribution in [2.75, 3.05) is 7.11 Å². The van der Waals surface area contributed by atoms with Crippen LogP contribution in [0, 0.1) is 17.6 Å². The van der Waals surface area contributed by atoms with Crippen molar-refractivity contribution in [3.8, 4) is 16.9 Å². The summed E-state index contributed by atoms with van der Waals surface area (Å²) in [4.78, 5) is 23.6. The SMILES string of the molecule is COc1ccc(-c2ccc(C(=O)NC(CC3CC3)C(=O)O)c(F)c2)c(F)c1. The lowest BCUT2D eigenvalue weighted by Crippen LogP contribution is -2.41. The number of aliphatic carboxylic acids is 1. The molecule has 2 aromatic carbocycles. The number of hydrogen-bond acceptors (Lipinski definition) is 3. The largest absolute Gasteiger partial charge is 0.497 e. The molecule has 0 heterocycles. The van der Waals surface area contributed by atoms with Gasteiger partial charge in [-0.3, -0.25) is 4.79 Å². The molecule has 1 aliphatic carbocycles. The fourth-order valence-electron chi connectivity index (χ4n) is 2.87. The van der Waals surface area contributed by atoms with Gasteiger partial charge in [0, 0.05) is 11.6 Å². The number of benzene rings is 2. The van der Waals surface area contributed by atoms with Gasteiger partial charge in [-0.05, 0) is 42.2 Å². The molecule has 5 nitrogen and oxygen atoms in total. The Labute approximate surface area is 155 Å². The van der Waals surface area contributed by atoms with Crippen LogP contribution in [0.2, 0.25) is 0 Å². The molecule has 2 aromatic rings. The van der Waals surface area contributed by atoms with Gasteiger partial charge in [-0.2, -0.15) is 0 Å². The van der Waals surface area contributed by atoms with Crippen molar-refractivity contribution in [3.63, 3.8) is 0 Å². The molecule has 0 radical (unpaired) electrons. The first kappa shape index (κ1) is 18.8. The Morgan fingerprint density at radius 2 is 1.93 bits per heavy atom. The lowest BCUT2D eigenvalue weighted by Gasteiger charge is -2.15. The summed E-state index contributed by atoms with van der Waals surface area (Å²) in [7, 11) is 1.41. The molecule has 1 saturated carbocycles. The molecule has 7 heteroatoms. The molecule has 1 fully saturated rings. The average molecular weight is 375 g/mol. The monoisotopic (exact) mass is 375 g/mol. The van der Waals surface area contributed by atoms with Crippen LogP contribution >= 0.6 is 0 Å². The Kier molecular flexibility index (Phi) is 5.39. The van der Waals surface area contributed by atoms with Gasteiger partial charge < -0.3 is 15.2 Å². The normalized spacial score (nSPS) is 14.5. The third-order valence-electron chi connectivity index (χ3n) is 4.57. The van der Waals surface area contributed by atoms with Crippen LogP contribution in [0.3, 0.4) is 0 Å². The van der Waals surface area contributed by atoms with E-state index >= 15 is 0 Å². The molecule has 0 spiro atoms. The molecule has 2 N–H and O–H groups in total. The maximum atomic E-state index is 14.4. The van der Waals surface area contributed by atoms with E-state index in [9.17, 15) is 23.5 Å². The molecular formula is C20H19F2NO4. The second-order valence-electron chi connectivity index (χ2n) is 6.58. The van der Waals surface area contributed by atoms with Crippen LogP contribution in [0.1, 0.15) is 29.6 Å². The van der Waals surface area contributed by atoms with Crippen molar-refractivity contribution < 1.29 is 28.2 Å². The summed E-state index contributed by atoms with van der Waals surface area (Å²) in [6.07, 6.45) is 2.21. The van der Waals surface area contributed by atoms with Gasteiger partial charge in [0.2, 0.25) is 0 Å². The summed E-state index contributed by atoms with van der Waals surface area (Å²) in [5.74, 6) is -2.76. The molecule has 0 saturated heterocycles. The highest BCUT2D eigenvalue weighted by Crippen LogP contribution is 2.33. The number of hydrogen-bond donors (Lipinski definition) is 2. The zero-order valence-electron chi connectivity index (χ0n) is 14.7. The van der Waals surface area contributed by atoms with Crippen molar-refractivity contribution in [2.24, 2.45) is 5.92 Å². The van der Waals surface area contributed by atoms with E-state index in [-0.39, 0.29) is 22.6 Å². The summed E-state index contributed by atoms with van der Waals surface area (Å²) in [6.45, 7) is 0. The van der Waals surface area contributed by atoms with E-state index in [0.29, 0.717) is 12.2 Å². The third kappa shape index (κ3) is 4.42. The number of rotatable bonds is 7. The van der Waals surface area contributed by atoms with Gasteiger partial charge in [0.25, 0.3) is 5.91 Å². The van der Waals surface area contributed by atoms with Gasteiger partial charge in [-0.25, -0.2) is 13.6 Å². The Hall–Kier alpha value is -2.96. The first-order chi connectivity index (χ1) is 12.9. The molecule has 0 aromatic heterocycles. The van der Waals surface area contributed by atoms with E-state index < -0.39 is 29.6 Å². The number of methoxy groups -OCH3 is 1. The van der Waals surface area contributed by atoms with Crippen molar-refractivity contribution in [1.29, 1.82) is 0 Å². The van der Waals surface area contributed by atoms with Crippen LogP contribution < -0.4 is 10.1 Å². The second kappa shape index (κ2) is 7.73. The summed E-state index contributed by atoms with van der Waals surface area (Å²) in [6, 6.07) is 6.83. The molecule has 1 aliphatic rings. The number of carbonyl (C=O) groups is 2. The Morgan fingerprint density at radius 1 is 1.19 bits per heavy atom. The van der Waals surface area contributed by atoms with Crippen LogP contribution in [-0.2, 0) is 4.79 Å². The summed E-state index contributed by atoms with van der Waals surface area (Å²) < 4.78 is 33.5. The Bertz CT molecular complexity index is 880. The number of ether oxygens (including phenoxy) is 1. The maximum Gasteiger partial charge on any atom is 0.326 e. The minimum Gasteiger partial charge on any atom is -0.497 e. The molecule has 1 amide bonds. The van der Waals surface area contributed by atoms with Gasteiger partial charge >= 0.3 is 5.97 Å². The maximum absolute atomic E-state index is 14.4. The number of carbonyl (C=O) groups excluding carboxylic acids is 1. The number of carboxylic acid groups (broad SMARTS) is 1. The predicted octanol–water partition coefficient (Wildman–Crippen LogP) is 3.62. The molecule has 1 atom stereocenters. The molecule has 0 aliphatic heterocycles. The zero-order chi connectivity index (χ0) is 19.6. The molecule has 27 heavy (non-hydrogen) atoms. The van der Waals surface area contributed by atoms with Crippen LogP contribution in [-0.4, -0.2) is 30.1 Å². The predicted molar refractivity (Wildman–Crippen MR) is 94.6 cm³/mol. The molecule has 0 bridgehead atoms. The van der Waals surface area contributed by atoms with Crippen molar-refractivity contribution in [2.45, 2.75) is 25.3 Å². The Balaban J connectivity index is 1.79. The fraction of sp³-hybridized carbons (Fsp3) is 0.300. The van der Waals surface area contributed by atoms with E-state index in [0.717, 1.165) is 18.9 Å². The first-order valence-corrected chi connectivity index (χ1v) is 8.56. The van der Waals surface area contributed by atoms with E-state index in [2.05, 4.69) is 5.32 Å². The first-order valence-electron chi connectivity index (χ1n) is 8.56. The smallest absolute Gasteiger partial charge is 0.326 e. The van der Waals surface area contributed by atoms with Crippen LogP contribution in [0.25, 0.3) is 11.1 Å². The summed E-state index contributed by atoms with van der Waals surface area (Å²) >= 11 is 0. The number of amides is 1. The lowest BCUT2D eigenvalue weighted by atomic mass is 10.0. The van der Waals surface area contributed by atoms with Crippen LogP contribution in [0.5, 0.6) is 5.75 Å². The quantitative estimate of drug-likeness (QED) is 0.775. The fourth-order valence-corrected chi connectivity index (χ4v) is 2.87. The highest BCUT2D eigenvalue weighted by Gasteiger charge is 2.30. The summed E-state index contributed by atoms with van der Waals surface area (Å²) in [5.41, 5.74) is 0.144. The number of carboxylic acids is 1. The van der Waals surface area contributed by atoms with Crippen molar-refractivity contribution >= 4 is 11.9 Å². The average Bonchev–Trinajstić information content (AvgIpc) is 3.44.